The molecule has 1 amide bonds. The van der Waals surface area contributed by atoms with Crippen molar-refractivity contribution in [2.45, 2.75) is 39.5 Å². The van der Waals surface area contributed by atoms with E-state index in [1.807, 2.05) is 25.1 Å². The van der Waals surface area contributed by atoms with Crippen LogP contribution in [0.25, 0.3) is 5.73 Å². The summed E-state index contributed by atoms with van der Waals surface area (Å²) in [6.07, 6.45) is 7.80. The summed E-state index contributed by atoms with van der Waals surface area (Å²) in [5.41, 5.74) is 9.62. The Labute approximate surface area is 220 Å². The van der Waals surface area contributed by atoms with E-state index in [0.717, 1.165) is 48.8 Å². The van der Waals surface area contributed by atoms with Gasteiger partial charge in [0, 0.05) is 17.7 Å². The van der Waals surface area contributed by atoms with Gasteiger partial charge in [-0.1, -0.05) is 25.8 Å². The van der Waals surface area contributed by atoms with Crippen LogP contribution in [0.3, 0.4) is 0 Å². The van der Waals surface area contributed by atoms with Crippen LogP contribution < -0.4 is 61.4 Å². The fourth-order valence-electron chi connectivity index (χ4n) is 3.15. The molecular formula is C23H26FKN2O3-2. The molecule has 2 aromatic carbocycles. The third-order valence-corrected chi connectivity index (χ3v) is 4.90. The smallest absolute Gasteiger partial charge is 0.756 e. The van der Waals surface area contributed by atoms with Gasteiger partial charge in [0.15, 0.2) is 0 Å². The Morgan fingerprint density at radius 3 is 2.47 bits per heavy atom. The number of benzene rings is 2. The molecule has 0 aliphatic heterocycles. The van der Waals surface area contributed by atoms with Crippen molar-refractivity contribution in [2.75, 3.05) is 12.4 Å². The van der Waals surface area contributed by atoms with Gasteiger partial charge >= 0.3 is 51.4 Å². The Hall–Kier alpha value is -1.25. The van der Waals surface area contributed by atoms with E-state index in [9.17, 15) is 14.0 Å². The molecule has 30 heavy (non-hydrogen) atoms. The van der Waals surface area contributed by atoms with Crippen LogP contribution in [0.1, 0.15) is 42.4 Å². The summed E-state index contributed by atoms with van der Waals surface area (Å²) >= 11 is 0. The van der Waals surface area contributed by atoms with Crippen LogP contribution in [0.15, 0.2) is 30.3 Å². The average Bonchev–Trinajstić information content (AvgIpc) is 2.73. The molecule has 2 N–H and O–H groups in total. The monoisotopic (exact) mass is 436 g/mol. The minimum Gasteiger partial charge on any atom is -0.756 e. The number of carbonyl (C=O) groups is 1. The fraction of sp³-hybridized carbons (Fsp3) is 0.348. The minimum atomic E-state index is -0.503. The molecule has 1 aliphatic rings. The first kappa shape index (κ1) is 26.8. The van der Waals surface area contributed by atoms with Crippen LogP contribution in [0.5, 0.6) is 5.75 Å². The topological polar surface area (TPSA) is 79.2 Å². The van der Waals surface area contributed by atoms with Gasteiger partial charge in [0.1, 0.15) is 5.75 Å². The van der Waals surface area contributed by atoms with E-state index < -0.39 is 5.82 Å². The van der Waals surface area contributed by atoms with Gasteiger partial charge in [-0.25, -0.2) is 10.1 Å². The summed E-state index contributed by atoms with van der Waals surface area (Å²) in [6, 6.07) is 7.97. The third-order valence-electron chi connectivity index (χ3n) is 4.90. The molecule has 3 rings (SSSR count). The van der Waals surface area contributed by atoms with Gasteiger partial charge in [-0.15, -0.1) is 11.6 Å². The molecule has 0 unspecified atom stereocenters. The summed E-state index contributed by atoms with van der Waals surface area (Å²) < 4.78 is 17.8. The number of amides is 1. The molecule has 0 spiro atoms. The number of halogens is 1. The normalized spacial score (nSPS) is 13.3. The molecule has 1 aliphatic carbocycles. The van der Waals surface area contributed by atoms with Crippen LogP contribution in [0.4, 0.5) is 15.8 Å². The number of carbonyl (C=O) groups excluding carboxylic acids is 2. The van der Waals surface area contributed by atoms with E-state index in [1.54, 1.807) is 14.0 Å². The van der Waals surface area contributed by atoms with Crippen LogP contribution in [0, 0.1) is 32.0 Å². The van der Waals surface area contributed by atoms with Crippen molar-refractivity contribution < 1.29 is 70.1 Å². The molecule has 0 saturated heterocycles. The molecule has 0 atom stereocenters. The molecule has 2 aromatic rings. The van der Waals surface area contributed by atoms with E-state index in [4.69, 9.17) is 10.5 Å². The second-order valence-electron chi connectivity index (χ2n) is 7.06. The van der Waals surface area contributed by atoms with Crippen molar-refractivity contribution in [1.82, 2.24) is 0 Å². The number of rotatable bonds is 4. The molecule has 7 heteroatoms. The van der Waals surface area contributed by atoms with Gasteiger partial charge in [-0.2, -0.15) is 18.4 Å². The molecule has 5 nitrogen and oxygen atoms in total. The summed E-state index contributed by atoms with van der Waals surface area (Å²) in [5, 5.41) is 2.98. The number of nitrogens with one attached hydrogen (secondary N) is 2. The zero-order chi connectivity index (χ0) is 21.4. The summed E-state index contributed by atoms with van der Waals surface area (Å²) in [6.45, 7) is 3.56. The average molecular weight is 437 g/mol. The number of anilines is 1. The molecule has 1 fully saturated rings. The van der Waals surface area contributed by atoms with Gasteiger partial charge in [0.25, 0.3) is 0 Å². The molecule has 0 heterocycles. The van der Waals surface area contributed by atoms with Crippen LogP contribution >= 0.6 is 0 Å². The van der Waals surface area contributed by atoms with E-state index in [2.05, 4.69) is 11.7 Å². The first-order chi connectivity index (χ1) is 13.8. The van der Waals surface area contributed by atoms with Crippen LogP contribution in [-0.2, 0) is 9.59 Å². The maximum Gasteiger partial charge on any atom is 1.00 e. The van der Waals surface area contributed by atoms with Crippen molar-refractivity contribution in [3.05, 3.63) is 65.0 Å². The van der Waals surface area contributed by atoms with Crippen molar-refractivity contribution in [3.63, 3.8) is 0 Å². The Balaban J connectivity index is 0.000000324. The van der Waals surface area contributed by atoms with Crippen molar-refractivity contribution >= 4 is 23.6 Å². The van der Waals surface area contributed by atoms with Crippen LogP contribution in [0.2, 0.25) is 0 Å². The Morgan fingerprint density at radius 2 is 1.87 bits per heavy atom. The zero-order valence-corrected chi connectivity index (χ0v) is 21.1. The first-order valence-electron chi connectivity index (χ1n) is 9.52. The summed E-state index contributed by atoms with van der Waals surface area (Å²) in [7, 11) is 1.64. The third kappa shape index (κ3) is 7.78. The zero-order valence-electron chi connectivity index (χ0n) is 18.0. The van der Waals surface area contributed by atoms with E-state index in [0.29, 0.717) is 5.56 Å². The van der Waals surface area contributed by atoms with Gasteiger partial charge in [0.2, 0.25) is 5.91 Å². The fourth-order valence-corrected chi connectivity index (χ4v) is 3.15. The Bertz CT molecular complexity index is 868. The minimum absolute atomic E-state index is 0. The SMILES string of the molecule is COc1cc(NC(=O)C2CC[CH-]CC2)ccc1C.Cc1cc(F)cc([C-]=O)c1[NH-].[K+]. The number of ether oxygens (including phenoxy) is 1. The predicted octanol–water partition coefficient (Wildman–Crippen LogP) is 2.62. The second kappa shape index (κ2) is 13.2. The van der Waals surface area contributed by atoms with E-state index in [1.165, 1.54) is 12.4 Å². The number of hydrogen-bond acceptors (Lipinski definition) is 3. The maximum absolute atomic E-state index is 12.5. The van der Waals surface area contributed by atoms with Gasteiger partial charge in [-0.3, -0.25) is 4.79 Å². The number of hydrogen-bond donors (Lipinski definition) is 1. The molecule has 0 aromatic heterocycles. The van der Waals surface area contributed by atoms with E-state index >= 15 is 0 Å². The van der Waals surface area contributed by atoms with Gasteiger partial charge < -0.3 is 27.0 Å². The summed E-state index contributed by atoms with van der Waals surface area (Å²) in [4.78, 5) is 22.2. The Morgan fingerprint density at radius 1 is 1.20 bits per heavy atom. The molecule has 0 bridgehead atoms. The van der Waals surface area contributed by atoms with Crippen molar-refractivity contribution in [3.8, 4) is 5.75 Å². The second-order valence-corrected chi connectivity index (χ2v) is 7.06. The first-order valence-corrected chi connectivity index (χ1v) is 9.52. The summed E-state index contributed by atoms with van der Waals surface area (Å²) in [5.74, 6) is 0.595. The number of methoxy groups -OCH3 is 1. The Kier molecular flexibility index (Phi) is 11.8. The molecule has 0 radical (unpaired) electrons. The van der Waals surface area contributed by atoms with Gasteiger partial charge in [0.05, 0.1) is 19.2 Å². The standard InChI is InChI=1S/C15H20NO2.C8H6FNO.K/c1-11-8-9-13(10-14(11)18-2)16-15(17)12-6-4-3-5-7-12;1-5-2-7(9)3-6(4-11)8(5)10;/h3,8-10,12H,4-7H2,1-2H3,(H,16,17);2-3,10H,1H3;/q-1;-2;+1. The molecular weight excluding hydrogens is 410 g/mol. The molecule has 1 saturated carbocycles. The predicted molar refractivity (Wildman–Crippen MR) is 113 cm³/mol. The van der Waals surface area contributed by atoms with Crippen molar-refractivity contribution in [2.24, 2.45) is 5.92 Å². The van der Waals surface area contributed by atoms with Crippen molar-refractivity contribution in [1.29, 1.82) is 0 Å². The number of aryl methyl sites for hydroxylation is 2. The van der Waals surface area contributed by atoms with E-state index in [-0.39, 0.29) is 74.5 Å². The van der Waals surface area contributed by atoms with Crippen LogP contribution in [-0.4, -0.2) is 19.3 Å². The molecule has 156 valence electrons. The van der Waals surface area contributed by atoms with Gasteiger partial charge in [-0.05, 0) is 24.6 Å². The quantitative estimate of drug-likeness (QED) is 0.591. The largest absolute Gasteiger partial charge is 1.00 e. The maximum atomic E-state index is 12.5.